The summed E-state index contributed by atoms with van der Waals surface area (Å²) in [5.74, 6) is -1.37. The zero-order chi connectivity index (χ0) is 25.8. The molecule has 190 valence electrons. The van der Waals surface area contributed by atoms with Gasteiger partial charge in [-0.25, -0.2) is 8.78 Å². The second-order valence-corrected chi connectivity index (χ2v) is 8.80. The maximum atomic E-state index is 13.7. The van der Waals surface area contributed by atoms with Crippen LogP contribution in [0.15, 0.2) is 71.3 Å². The van der Waals surface area contributed by atoms with Gasteiger partial charge in [0.15, 0.2) is 6.04 Å². The zero-order valence-electron chi connectivity index (χ0n) is 19.8. The van der Waals surface area contributed by atoms with Crippen LogP contribution in [0.25, 0.3) is 11.4 Å². The molecule has 1 unspecified atom stereocenters. The van der Waals surface area contributed by atoms with Crippen molar-refractivity contribution in [2.45, 2.75) is 44.3 Å². The van der Waals surface area contributed by atoms with Gasteiger partial charge in [0.05, 0.1) is 6.26 Å². The lowest BCUT2D eigenvalue weighted by Crippen LogP contribution is -2.47. The molecule has 2 amide bonds. The maximum absolute atomic E-state index is 13.7. The number of amides is 2. The summed E-state index contributed by atoms with van der Waals surface area (Å²) in [6, 6.07) is 12.9. The van der Waals surface area contributed by atoms with E-state index in [9.17, 15) is 18.4 Å². The molecule has 0 aliphatic heterocycles. The Morgan fingerprint density at radius 1 is 1.03 bits per heavy atom. The summed E-state index contributed by atoms with van der Waals surface area (Å²) in [7, 11) is 0. The van der Waals surface area contributed by atoms with Crippen molar-refractivity contribution in [2.24, 2.45) is 0 Å². The van der Waals surface area contributed by atoms with Crippen molar-refractivity contribution in [2.75, 3.05) is 4.90 Å². The second kappa shape index (κ2) is 10.7. The van der Waals surface area contributed by atoms with Crippen LogP contribution in [0.5, 0.6) is 0 Å². The Labute approximate surface area is 211 Å². The normalized spacial score (nSPS) is 14.4. The molecule has 1 aliphatic rings. The average molecular weight is 507 g/mol. The van der Waals surface area contributed by atoms with E-state index < -0.39 is 29.5 Å². The van der Waals surface area contributed by atoms with Gasteiger partial charge in [-0.15, -0.1) is 10.2 Å². The number of nitrogens with one attached hydrogen (secondary N) is 1. The Hall–Kier alpha value is -4.41. The SMILES string of the molecule is O=C(NC1CCCC1)C(c1ccco1)N(C(=O)Cn1nnc(-c2ccc(F)cc2)n1)c1ccc(F)cc1. The number of carbonyl (C=O) groups excluding carboxylic acids is 2. The Bertz CT molecular complexity index is 1350. The van der Waals surface area contributed by atoms with Gasteiger partial charge in [-0.05, 0) is 78.7 Å². The van der Waals surface area contributed by atoms with E-state index in [1.807, 2.05) is 0 Å². The molecule has 0 spiro atoms. The van der Waals surface area contributed by atoms with Crippen molar-refractivity contribution < 1.29 is 22.8 Å². The number of hydrogen-bond donors (Lipinski definition) is 1. The highest BCUT2D eigenvalue weighted by molar-refractivity contribution is 6.01. The van der Waals surface area contributed by atoms with E-state index in [2.05, 4.69) is 20.7 Å². The maximum Gasteiger partial charge on any atom is 0.251 e. The number of tetrazole rings is 1. The minimum atomic E-state index is -1.14. The van der Waals surface area contributed by atoms with Gasteiger partial charge >= 0.3 is 0 Å². The van der Waals surface area contributed by atoms with E-state index in [4.69, 9.17) is 4.42 Å². The molecule has 5 rings (SSSR count). The summed E-state index contributed by atoms with van der Waals surface area (Å²) in [5.41, 5.74) is 0.827. The Kier molecular flexibility index (Phi) is 7.02. The summed E-state index contributed by atoms with van der Waals surface area (Å²) in [4.78, 5) is 29.6. The highest BCUT2D eigenvalue weighted by Gasteiger charge is 2.36. The van der Waals surface area contributed by atoms with Gasteiger partial charge < -0.3 is 9.73 Å². The van der Waals surface area contributed by atoms with Gasteiger partial charge in [-0.2, -0.15) is 4.80 Å². The van der Waals surface area contributed by atoms with Gasteiger partial charge in [-0.1, -0.05) is 12.8 Å². The molecule has 1 N–H and O–H groups in total. The summed E-state index contributed by atoms with van der Waals surface area (Å²) < 4.78 is 32.6. The largest absolute Gasteiger partial charge is 0.467 e. The first-order valence-corrected chi connectivity index (χ1v) is 11.9. The highest BCUT2D eigenvalue weighted by Crippen LogP contribution is 2.30. The molecule has 0 radical (unpaired) electrons. The number of carbonyl (C=O) groups is 2. The van der Waals surface area contributed by atoms with Crippen molar-refractivity contribution in [3.8, 4) is 11.4 Å². The van der Waals surface area contributed by atoms with E-state index in [0.717, 1.165) is 30.5 Å². The van der Waals surface area contributed by atoms with Gasteiger partial charge in [-0.3, -0.25) is 14.5 Å². The molecule has 9 nitrogen and oxygen atoms in total. The monoisotopic (exact) mass is 506 g/mol. The molecule has 1 aliphatic carbocycles. The number of rotatable bonds is 8. The van der Waals surface area contributed by atoms with Crippen molar-refractivity contribution in [3.05, 3.63) is 84.3 Å². The number of anilines is 1. The summed E-state index contributed by atoms with van der Waals surface area (Å²) in [5, 5.41) is 15.2. The molecule has 2 heterocycles. The lowest BCUT2D eigenvalue weighted by atomic mass is 10.1. The summed E-state index contributed by atoms with van der Waals surface area (Å²) in [6.07, 6.45) is 5.18. The molecule has 2 aromatic heterocycles. The smallest absolute Gasteiger partial charge is 0.251 e. The van der Waals surface area contributed by atoms with Gasteiger partial charge in [0.25, 0.3) is 11.8 Å². The van der Waals surface area contributed by atoms with Crippen molar-refractivity contribution in [1.29, 1.82) is 0 Å². The first kappa shape index (κ1) is 24.3. The third-order valence-corrected chi connectivity index (χ3v) is 6.23. The fourth-order valence-electron chi connectivity index (χ4n) is 4.43. The number of furan rings is 1. The molecular formula is C26H24F2N6O3. The van der Waals surface area contributed by atoms with Crippen LogP contribution in [0.1, 0.15) is 37.5 Å². The quantitative estimate of drug-likeness (QED) is 0.387. The molecule has 1 atom stereocenters. The standard InChI is InChI=1S/C26H24F2N6O3/c27-18-9-7-17(8-10-18)25-30-32-33(31-25)16-23(35)34(21-13-11-19(28)12-14-21)24(22-6-3-15-37-22)26(36)29-20-4-1-2-5-20/h3,6-15,20,24H,1-2,4-5,16H2,(H,29,36). The van der Waals surface area contributed by atoms with Crippen molar-refractivity contribution in [1.82, 2.24) is 25.5 Å². The highest BCUT2D eigenvalue weighted by atomic mass is 19.1. The van der Waals surface area contributed by atoms with Crippen LogP contribution < -0.4 is 10.2 Å². The van der Waals surface area contributed by atoms with E-state index in [-0.39, 0.29) is 24.2 Å². The van der Waals surface area contributed by atoms with E-state index in [1.165, 1.54) is 59.7 Å². The zero-order valence-corrected chi connectivity index (χ0v) is 19.8. The molecule has 1 fully saturated rings. The molecule has 0 saturated heterocycles. The van der Waals surface area contributed by atoms with Gasteiger partial charge in [0, 0.05) is 17.3 Å². The predicted octanol–water partition coefficient (Wildman–Crippen LogP) is 4.04. The minimum absolute atomic E-state index is 0.00498. The molecule has 0 bridgehead atoms. The summed E-state index contributed by atoms with van der Waals surface area (Å²) >= 11 is 0. The number of benzene rings is 2. The number of nitrogens with zero attached hydrogens (tertiary/aromatic N) is 5. The van der Waals surface area contributed by atoms with Crippen molar-refractivity contribution in [3.63, 3.8) is 0 Å². The first-order chi connectivity index (χ1) is 18.0. The van der Waals surface area contributed by atoms with E-state index in [0.29, 0.717) is 11.3 Å². The van der Waals surface area contributed by atoms with Gasteiger partial charge in [0.1, 0.15) is 23.9 Å². The van der Waals surface area contributed by atoms with Crippen LogP contribution in [0, 0.1) is 11.6 Å². The van der Waals surface area contributed by atoms with Crippen molar-refractivity contribution >= 4 is 17.5 Å². The van der Waals surface area contributed by atoms with Crippen LogP contribution in [-0.2, 0) is 16.1 Å². The molecule has 2 aromatic carbocycles. The predicted molar refractivity (Wildman–Crippen MR) is 129 cm³/mol. The van der Waals surface area contributed by atoms with Gasteiger partial charge in [0.2, 0.25) is 5.82 Å². The summed E-state index contributed by atoms with van der Waals surface area (Å²) in [6.45, 7) is -0.362. The fraction of sp³-hybridized carbons (Fsp3) is 0.269. The third-order valence-electron chi connectivity index (χ3n) is 6.23. The molecule has 1 saturated carbocycles. The Morgan fingerprint density at radius 2 is 1.70 bits per heavy atom. The lowest BCUT2D eigenvalue weighted by molar-refractivity contribution is -0.128. The van der Waals surface area contributed by atoms with Crippen LogP contribution in [0.3, 0.4) is 0 Å². The first-order valence-electron chi connectivity index (χ1n) is 11.9. The number of aromatic nitrogens is 4. The topological polar surface area (TPSA) is 106 Å². The average Bonchev–Trinajstić information content (AvgIpc) is 3.67. The van der Waals surface area contributed by atoms with Crippen LogP contribution in [0.2, 0.25) is 0 Å². The van der Waals surface area contributed by atoms with Crippen LogP contribution in [-0.4, -0.2) is 38.1 Å². The Balaban J connectivity index is 1.46. The van der Waals surface area contributed by atoms with E-state index in [1.54, 1.807) is 12.1 Å². The lowest BCUT2D eigenvalue weighted by Gasteiger charge is -2.30. The molecule has 4 aromatic rings. The fourth-order valence-corrected chi connectivity index (χ4v) is 4.43. The van der Waals surface area contributed by atoms with E-state index >= 15 is 0 Å². The van der Waals surface area contributed by atoms with Crippen LogP contribution >= 0.6 is 0 Å². The molecular weight excluding hydrogens is 482 g/mol. The molecule has 11 heteroatoms. The minimum Gasteiger partial charge on any atom is -0.467 e. The second-order valence-electron chi connectivity index (χ2n) is 8.80. The number of hydrogen-bond acceptors (Lipinski definition) is 6. The number of halogens is 2. The molecule has 37 heavy (non-hydrogen) atoms. The van der Waals surface area contributed by atoms with Crippen LogP contribution in [0.4, 0.5) is 14.5 Å². The Morgan fingerprint density at radius 3 is 2.35 bits per heavy atom. The third kappa shape index (κ3) is 5.55.